The van der Waals surface area contributed by atoms with E-state index in [1.165, 1.54) is 77.4 Å². The predicted molar refractivity (Wildman–Crippen MR) is 74.3 cm³/mol. The van der Waals surface area contributed by atoms with Crippen molar-refractivity contribution in [3.63, 3.8) is 0 Å². The predicted octanol–water partition coefficient (Wildman–Crippen LogP) is 3.03. The van der Waals surface area contributed by atoms with Crippen LogP contribution in [0.4, 0.5) is 0 Å². The van der Waals surface area contributed by atoms with Crippen molar-refractivity contribution < 1.29 is 0 Å². The summed E-state index contributed by atoms with van der Waals surface area (Å²) < 4.78 is 0. The molecule has 0 atom stereocenters. The maximum absolute atomic E-state index is 3.59. The van der Waals surface area contributed by atoms with Crippen LogP contribution in [0.25, 0.3) is 0 Å². The van der Waals surface area contributed by atoms with Crippen LogP contribution in [0.5, 0.6) is 0 Å². The molecule has 0 aromatic heterocycles. The lowest BCUT2D eigenvalue weighted by molar-refractivity contribution is 0.284. The van der Waals surface area contributed by atoms with Crippen LogP contribution in [-0.2, 0) is 0 Å². The fourth-order valence-corrected chi connectivity index (χ4v) is 2.98. The summed E-state index contributed by atoms with van der Waals surface area (Å²) in [6, 6.07) is 0.866. The monoisotopic (exact) mass is 238 g/mol. The molecule has 2 saturated carbocycles. The number of likely N-dealkylation sites (N-methyl/N-ethyl adjacent to an activating group) is 1. The topological polar surface area (TPSA) is 15.3 Å². The van der Waals surface area contributed by atoms with E-state index in [0.29, 0.717) is 0 Å². The fraction of sp³-hybridized carbons (Fsp3) is 1.00. The zero-order chi connectivity index (χ0) is 11.9. The Morgan fingerprint density at radius 2 is 1.76 bits per heavy atom. The molecule has 0 aromatic rings. The largest absolute Gasteiger partial charge is 0.313 e. The molecule has 2 aliphatic rings. The summed E-state index contributed by atoms with van der Waals surface area (Å²) in [6.07, 6.45) is 13.2. The summed E-state index contributed by atoms with van der Waals surface area (Å²) in [5.41, 5.74) is 0. The summed E-state index contributed by atoms with van der Waals surface area (Å²) in [4.78, 5) is 2.50. The normalized spacial score (nSPS) is 22.2. The van der Waals surface area contributed by atoms with Gasteiger partial charge in [0.15, 0.2) is 0 Å². The van der Waals surface area contributed by atoms with Crippen molar-refractivity contribution >= 4 is 0 Å². The van der Waals surface area contributed by atoms with E-state index in [-0.39, 0.29) is 0 Å². The van der Waals surface area contributed by atoms with Gasteiger partial charge in [0.1, 0.15) is 0 Å². The molecule has 2 heteroatoms. The van der Waals surface area contributed by atoms with Gasteiger partial charge in [0, 0.05) is 19.1 Å². The van der Waals surface area contributed by atoms with E-state index >= 15 is 0 Å². The molecule has 0 unspecified atom stereocenters. The third-order valence-corrected chi connectivity index (χ3v) is 4.38. The average Bonchev–Trinajstić information content (AvgIpc) is 3.14. The highest BCUT2D eigenvalue weighted by Gasteiger charge is 2.19. The maximum Gasteiger partial charge on any atom is 0.0104 e. The Bertz CT molecular complexity index is 195. The van der Waals surface area contributed by atoms with Crippen LogP contribution in [0.3, 0.4) is 0 Å². The van der Waals surface area contributed by atoms with Gasteiger partial charge in [-0.05, 0) is 45.2 Å². The molecule has 0 aliphatic heterocycles. The molecule has 2 fully saturated rings. The summed E-state index contributed by atoms with van der Waals surface area (Å²) in [7, 11) is 2.27. The minimum atomic E-state index is 0.866. The van der Waals surface area contributed by atoms with Gasteiger partial charge in [-0.3, -0.25) is 0 Å². The quantitative estimate of drug-likeness (QED) is 0.699. The zero-order valence-electron chi connectivity index (χ0n) is 11.6. The van der Waals surface area contributed by atoms with Gasteiger partial charge in [0.25, 0.3) is 0 Å². The third-order valence-electron chi connectivity index (χ3n) is 4.38. The molecule has 2 nitrogen and oxygen atoms in total. The van der Waals surface area contributed by atoms with Crippen LogP contribution in [0.1, 0.15) is 57.8 Å². The highest BCUT2D eigenvalue weighted by atomic mass is 15.1. The van der Waals surface area contributed by atoms with E-state index in [0.717, 1.165) is 12.0 Å². The third kappa shape index (κ3) is 5.87. The smallest absolute Gasteiger partial charge is 0.0104 e. The number of rotatable bonds is 8. The van der Waals surface area contributed by atoms with Crippen molar-refractivity contribution in [3.05, 3.63) is 0 Å². The Morgan fingerprint density at radius 3 is 2.47 bits per heavy atom. The van der Waals surface area contributed by atoms with Gasteiger partial charge in [-0.2, -0.15) is 0 Å². The molecular weight excluding hydrogens is 208 g/mol. The lowest BCUT2D eigenvalue weighted by Gasteiger charge is -2.23. The van der Waals surface area contributed by atoms with Crippen LogP contribution in [0.2, 0.25) is 0 Å². The van der Waals surface area contributed by atoms with Crippen molar-refractivity contribution in [2.24, 2.45) is 5.92 Å². The molecule has 17 heavy (non-hydrogen) atoms. The van der Waals surface area contributed by atoms with Crippen molar-refractivity contribution in [2.45, 2.75) is 63.8 Å². The van der Waals surface area contributed by atoms with E-state index in [1.54, 1.807) is 0 Å². The molecule has 0 saturated heterocycles. The number of hydrogen-bond acceptors (Lipinski definition) is 2. The Morgan fingerprint density at radius 1 is 1.00 bits per heavy atom. The second-order valence-corrected chi connectivity index (χ2v) is 6.18. The SMILES string of the molecule is CN(CCCC1CCCCC1)CCNC1CC1. The van der Waals surface area contributed by atoms with Crippen LogP contribution >= 0.6 is 0 Å². The molecule has 0 bridgehead atoms. The first-order valence-electron chi connectivity index (χ1n) is 7.76. The Hall–Kier alpha value is -0.0800. The van der Waals surface area contributed by atoms with Crippen molar-refractivity contribution in [1.82, 2.24) is 10.2 Å². The Labute approximate surface area is 107 Å². The van der Waals surface area contributed by atoms with Crippen LogP contribution < -0.4 is 5.32 Å². The molecule has 2 rings (SSSR count). The summed E-state index contributed by atoms with van der Waals surface area (Å²) in [6.45, 7) is 3.70. The highest BCUT2D eigenvalue weighted by molar-refractivity contribution is 4.80. The van der Waals surface area contributed by atoms with Crippen molar-refractivity contribution in [1.29, 1.82) is 0 Å². The molecule has 0 heterocycles. The molecule has 2 aliphatic carbocycles. The van der Waals surface area contributed by atoms with Gasteiger partial charge in [-0.1, -0.05) is 32.1 Å². The van der Waals surface area contributed by atoms with Crippen LogP contribution in [-0.4, -0.2) is 37.6 Å². The van der Waals surface area contributed by atoms with E-state index in [9.17, 15) is 0 Å². The van der Waals surface area contributed by atoms with Crippen molar-refractivity contribution in [3.8, 4) is 0 Å². The number of nitrogens with zero attached hydrogens (tertiary/aromatic N) is 1. The summed E-state index contributed by atoms with van der Waals surface area (Å²) in [5.74, 6) is 1.06. The highest BCUT2D eigenvalue weighted by Crippen LogP contribution is 2.27. The second kappa shape index (κ2) is 7.38. The van der Waals surface area contributed by atoms with Gasteiger partial charge >= 0.3 is 0 Å². The van der Waals surface area contributed by atoms with Gasteiger partial charge in [-0.25, -0.2) is 0 Å². The first-order valence-corrected chi connectivity index (χ1v) is 7.76. The second-order valence-electron chi connectivity index (χ2n) is 6.18. The van der Waals surface area contributed by atoms with Crippen LogP contribution in [0, 0.1) is 5.92 Å². The molecule has 0 spiro atoms. The molecule has 100 valence electrons. The lowest BCUT2D eigenvalue weighted by atomic mass is 9.86. The molecule has 1 N–H and O–H groups in total. The summed E-state index contributed by atoms with van der Waals surface area (Å²) in [5, 5.41) is 3.59. The molecule has 0 radical (unpaired) electrons. The Balaban J connectivity index is 1.42. The fourth-order valence-electron chi connectivity index (χ4n) is 2.98. The minimum Gasteiger partial charge on any atom is -0.313 e. The molecule has 0 amide bonds. The molecule has 0 aromatic carbocycles. The van der Waals surface area contributed by atoms with Gasteiger partial charge in [0.2, 0.25) is 0 Å². The van der Waals surface area contributed by atoms with E-state index in [1.807, 2.05) is 0 Å². The average molecular weight is 238 g/mol. The standard InChI is InChI=1S/C15H30N2/c1-17(13-11-16-15-9-10-15)12-5-8-14-6-3-2-4-7-14/h14-16H,2-13H2,1H3. The maximum atomic E-state index is 3.59. The van der Waals surface area contributed by atoms with Crippen molar-refractivity contribution in [2.75, 3.05) is 26.7 Å². The van der Waals surface area contributed by atoms with Gasteiger partial charge in [-0.15, -0.1) is 0 Å². The van der Waals surface area contributed by atoms with Crippen LogP contribution in [0.15, 0.2) is 0 Å². The van der Waals surface area contributed by atoms with E-state index < -0.39 is 0 Å². The first-order chi connectivity index (χ1) is 8.34. The lowest BCUT2D eigenvalue weighted by Crippen LogP contribution is -2.31. The summed E-state index contributed by atoms with van der Waals surface area (Å²) >= 11 is 0. The number of nitrogens with one attached hydrogen (secondary N) is 1. The molecular formula is C15H30N2. The van der Waals surface area contributed by atoms with E-state index in [4.69, 9.17) is 0 Å². The number of hydrogen-bond donors (Lipinski definition) is 1. The Kier molecular flexibility index (Phi) is 5.79. The van der Waals surface area contributed by atoms with Gasteiger partial charge < -0.3 is 10.2 Å². The minimum absolute atomic E-state index is 0.866. The first kappa shape index (κ1) is 13.4. The zero-order valence-corrected chi connectivity index (χ0v) is 11.6. The van der Waals surface area contributed by atoms with Gasteiger partial charge in [0.05, 0.1) is 0 Å². The van der Waals surface area contributed by atoms with E-state index in [2.05, 4.69) is 17.3 Å².